The predicted molar refractivity (Wildman–Crippen MR) is 48.0 cm³/mol. The van der Waals surface area contributed by atoms with Crippen LogP contribution in [0.2, 0.25) is 0 Å². The van der Waals surface area contributed by atoms with E-state index in [1.54, 1.807) is 0 Å². The minimum Gasteiger partial charge on any atom is -0.402 e. The van der Waals surface area contributed by atoms with Crippen LogP contribution in [-0.4, -0.2) is 4.83 Å². The van der Waals surface area contributed by atoms with Crippen LogP contribution in [0.4, 0.5) is 0 Å². The van der Waals surface area contributed by atoms with Crippen molar-refractivity contribution in [3.8, 4) is 0 Å². The Kier molecular flexibility index (Phi) is 2.78. The lowest BCUT2D eigenvalue weighted by atomic mass is 9.91. The van der Waals surface area contributed by atoms with Crippen molar-refractivity contribution < 1.29 is 0 Å². The third-order valence-corrected chi connectivity index (χ3v) is 3.16. The molecule has 1 rings (SSSR count). The first-order chi connectivity index (χ1) is 4.74. The highest BCUT2D eigenvalue weighted by molar-refractivity contribution is 9.09. The first kappa shape index (κ1) is 8.12. The molecule has 2 heteroatoms. The van der Waals surface area contributed by atoms with Crippen LogP contribution in [0.15, 0.2) is 11.8 Å². The van der Waals surface area contributed by atoms with Crippen molar-refractivity contribution in [1.82, 2.24) is 0 Å². The fourth-order valence-corrected chi connectivity index (χ4v) is 2.34. The Hall–Kier alpha value is 0.0200. The number of rotatable bonds is 1. The summed E-state index contributed by atoms with van der Waals surface area (Å²) in [5.41, 5.74) is 6.72. The van der Waals surface area contributed by atoms with Crippen LogP contribution >= 0.6 is 15.9 Å². The monoisotopic (exact) mass is 203 g/mol. The Morgan fingerprint density at radius 2 is 2.50 bits per heavy atom. The van der Waals surface area contributed by atoms with Crippen LogP contribution in [0, 0.1) is 5.92 Å². The summed E-state index contributed by atoms with van der Waals surface area (Å²) in [7, 11) is 0. The molecule has 58 valence electrons. The average Bonchev–Trinajstić information content (AvgIpc) is 1.88. The van der Waals surface area contributed by atoms with Crippen molar-refractivity contribution in [2.24, 2.45) is 11.7 Å². The second-order valence-electron chi connectivity index (χ2n) is 2.89. The van der Waals surface area contributed by atoms with Crippen molar-refractivity contribution in [3.63, 3.8) is 0 Å². The molecule has 2 unspecified atom stereocenters. The van der Waals surface area contributed by atoms with Crippen molar-refractivity contribution in [2.75, 3.05) is 0 Å². The highest BCUT2D eigenvalue weighted by Crippen LogP contribution is 2.28. The highest BCUT2D eigenvalue weighted by Gasteiger charge is 2.19. The number of halogens is 1. The van der Waals surface area contributed by atoms with Gasteiger partial charge in [0.15, 0.2) is 0 Å². The molecule has 10 heavy (non-hydrogen) atoms. The van der Waals surface area contributed by atoms with Gasteiger partial charge in [-0.25, -0.2) is 0 Å². The second-order valence-corrected chi connectivity index (χ2v) is 3.95. The number of hydrogen-bond donors (Lipinski definition) is 1. The van der Waals surface area contributed by atoms with E-state index in [0.717, 1.165) is 18.0 Å². The van der Waals surface area contributed by atoms with Gasteiger partial charge >= 0.3 is 0 Å². The van der Waals surface area contributed by atoms with E-state index in [0.29, 0.717) is 4.83 Å². The van der Waals surface area contributed by atoms with E-state index in [1.807, 2.05) is 0 Å². The number of nitrogens with two attached hydrogens (primary N) is 1. The Bertz CT molecular complexity index is 142. The topological polar surface area (TPSA) is 26.0 Å². The third-order valence-electron chi connectivity index (χ3n) is 2.15. The van der Waals surface area contributed by atoms with Gasteiger partial charge in [-0.15, -0.1) is 0 Å². The second kappa shape index (κ2) is 3.42. The van der Waals surface area contributed by atoms with Gasteiger partial charge in [0.25, 0.3) is 0 Å². The lowest BCUT2D eigenvalue weighted by molar-refractivity contribution is 0.468. The van der Waals surface area contributed by atoms with E-state index in [4.69, 9.17) is 5.73 Å². The molecule has 1 aliphatic carbocycles. The molecule has 0 bridgehead atoms. The van der Waals surface area contributed by atoms with Gasteiger partial charge in [0.05, 0.1) is 0 Å². The zero-order valence-corrected chi connectivity index (χ0v) is 7.89. The van der Waals surface area contributed by atoms with Gasteiger partial charge in [0.1, 0.15) is 0 Å². The van der Waals surface area contributed by atoms with Crippen LogP contribution in [0.25, 0.3) is 0 Å². The summed E-state index contributed by atoms with van der Waals surface area (Å²) >= 11 is 3.60. The summed E-state index contributed by atoms with van der Waals surface area (Å²) in [6.07, 6.45) is 5.72. The van der Waals surface area contributed by atoms with E-state index in [1.165, 1.54) is 12.8 Å². The van der Waals surface area contributed by atoms with Gasteiger partial charge in [-0.2, -0.15) is 0 Å². The van der Waals surface area contributed by atoms with Gasteiger partial charge < -0.3 is 5.73 Å². The zero-order valence-electron chi connectivity index (χ0n) is 6.31. The molecule has 0 saturated heterocycles. The molecule has 1 aliphatic rings. The van der Waals surface area contributed by atoms with Gasteiger partial charge in [0, 0.05) is 10.5 Å². The minimum atomic E-state index is 0.520. The predicted octanol–water partition coefficient (Wildman–Crippen LogP) is 2.41. The van der Waals surface area contributed by atoms with Crippen molar-refractivity contribution in [1.29, 1.82) is 0 Å². The van der Waals surface area contributed by atoms with E-state index >= 15 is 0 Å². The molecular formula is C8H14BrN. The molecule has 0 amide bonds. The molecule has 0 aromatic carbocycles. The van der Waals surface area contributed by atoms with Crippen LogP contribution < -0.4 is 5.73 Å². The molecule has 2 atom stereocenters. The molecule has 0 spiro atoms. The SMILES string of the molecule is CCC1CCC(N)=CC1Br. The van der Waals surface area contributed by atoms with E-state index in [9.17, 15) is 0 Å². The number of alkyl halides is 1. The molecule has 0 aliphatic heterocycles. The standard InChI is InChI=1S/C8H14BrN/c1-2-6-3-4-7(10)5-8(6)9/h5-6,8H,2-4,10H2,1H3. The molecule has 0 aromatic heterocycles. The van der Waals surface area contributed by atoms with E-state index < -0.39 is 0 Å². The molecule has 0 aromatic rings. The molecule has 0 saturated carbocycles. The summed E-state index contributed by atoms with van der Waals surface area (Å²) in [5.74, 6) is 0.798. The Labute approximate surface area is 70.8 Å². The van der Waals surface area contributed by atoms with Gasteiger partial charge in [-0.3, -0.25) is 0 Å². The van der Waals surface area contributed by atoms with Gasteiger partial charge in [-0.05, 0) is 18.8 Å². The first-order valence-corrected chi connectivity index (χ1v) is 4.76. The normalized spacial score (nSPS) is 33.6. The highest BCUT2D eigenvalue weighted by atomic mass is 79.9. The Morgan fingerprint density at radius 1 is 1.80 bits per heavy atom. The minimum absolute atomic E-state index is 0.520. The van der Waals surface area contributed by atoms with E-state index in [-0.39, 0.29) is 0 Å². The fraction of sp³-hybridized carbons (Fsp3) is 0.750. The Balaban J connectivity index is 2.55. The van der Waals surface area contributed by atoms with Crippen LogP contribution in [0.1, 0.15) is 26.2 Å². The summed E-state index contributed by atoms with van der Waals surface area (Å²) in [4.78, 5) is 0.520. The first-order valence-electron chi connectivity index (χ1n) is 3.84. The summed E-state index contributed by atoms with van der Waals surface area (Å²) < 4.78 is 0. The zero-order chi connectivity index (χ0) is 7.56. The lowest BCUT2D eigenvalue weighted by Crippen LogP contribution is -2.19. The third kappa shape index (κ3) is 1.75. The van der Waals surface area contributed by atoms with Crippen molar-refractivity contribution >= 4 is 15.9 Å². The van der Waals surface area contributed by atoms with Crippen molar-refractivity contribution in [3.05, 3.63) is 11.8 Å². The van der Waals surface area contributed by atoms with Crippen LogP contribution in [-0.2, 0) is 0 Å². The largest absolute Gasteiger partial charge is 0.402 e. The maximum absolute atomic E-state index is 5.67. The van der Waals surface area contributed by atoms with E-state index in [2.05, 4.69) is 28.9 Å². The van der Waals surface area contributed by atoms with Crippen molar-refractivity contribution in [2.45, 2.75) is 31.0 Å². The Morgan fingerprint density at radius 3 is 3.00 bits per heavy atom. The van der Waals surface area contributed by atoms with Crippen LogP contribution in [0.3, 0.4) is 0 Å². The molecule has 0 heterocycles. The number of allylic oxidation sites excluding steroid dienone is 2. The lowest BCUT2D eigenvalue weighted by Gasteiger charge is -2.23. The summed E-state index contributed by atoms with van der Waals surface area (Å²) in [5, 5.41) is 0. The summed E-state index contributed by atoms with van der Waals surface area (Å²) in [6.45, 7) is 2.23. The number of hydrogen-bond acceptors (Lipinski definition) is 1. The molecular weight excluding hydrogens is 190 g/mol. The maximum atomic E-state index is 5.67. The molecule has 1 nitrogen and oxygen atoms in total. The van der Waals surface area contributed by atoms with Gasteiger partial charge in [0.2, 0.25) is 0 Å². The maximum Gasteiger partial charge on any atom is 0.0373 e. The van der Waals surface area contributed by atoms with Gasteiger partial charge in [-0.1, -0.05) is 35.4 Å². The quantitative estimate of drug-likeness (QED) is 0.652. The summed E-state index contributed by atoms with van der Waals surface area (Å²) in [6, 6.07) is 0. The molecule has 0 radical (unpaired) electrons. The fourth-order valence-electron chi connectivity index (χ4n) is 1.36. The molecule has 0 fully saturated rings. The average molecular weight is 204 g/mol. The van der Waals surface area contributed by atoms with Crippen LogP contribution in [0.5, 0.6) is 0 Å². The molecule has 2 N–H and O–H groups in total. The smallest absolute Gasteiger partial charge is 0.0373 e.